The largest absolute Gasteiger partial charge is 0.341 e. The van der Waals surface area contributed by atoms with Gasteiger partial charge in [-0.3, -0.25) is 0 Å². The third-order valence-electron chi connectivity index (χ3n) is 3.11. The van der Waals surface area contributed by atoms with Gasteiger partial charge in [-0.15, -0.1) is 0 Å². The zero-order valence-corrected chi connectivity index (χ0v) is 9.80. The summed E-state index contributed by atoms with van der Waals surface area (Å²) in [5, 5.41) is 0. The summed E-state index contributed by atoms with van der Waals surface area (Å²) >= 11 is 0. The number of nitrogens with one attached hydrogen (secondary N) is 1. The molecule has 2 atom stereocenters. The lowest BCUT2D eigenvalue weighted by Crippen LogP contribution is -2.19. The van der Waals surface area contributed by atoms with Crippen molar-refractivity contribution in [2.24, 2.45) is 11.7 Å². The van der Waals surface area contributed by atoms with Crippen molar-refractivity contribution in [1.29, 1.82) is 0 Å². The molecule has 2 unspecified atom stereocenters. The summed E-state index contributed by atoms with van der Waals surface area (Å²) in [6, 6.07) is 1.93. The second kappa shape index (κ2) is 4.41. The average molecular weight is 239 g/mol. The molecule has 0 amide bonds. The molecular formula is C12H15F2N3. The molecule has 0 aliphatic heterocycles. The Hall–Kier alpha value is -1.49. The number of imidazole rings is 1. The van der Waals surface area contributed by atoms with Crippen LogP contribution < -0.4 is 5.73 Å². The molecule has 3 nitrogen and oxygen atoms in total. The molecular weight excluding hydrogens is 224 g/mol. The van der Waals surface area contributed by atoms with Gasteiger partial charge in [-0.1, -0.05) is 20.3 Å². The van der Waals surface area contributed by atoms with Gasteiger partial charge in [0.1, 0.15) is 5.82 Å². The molecule has 0 aliphatic carbocycles. The molecule has 0 fully saturated rings. The first-order chi connectivity index (χ1) is 8.02. The molecule has 1 heterocycles. The summed E-state index contributed by atoms with van der Waals surface area (Å²) in [6.07, 6.45) is 0.918. The summed E-state index contributed by atoms with van der Waals surface area (Å²) in [5.41, 5.74) is 6.88. The Bertz CT molecular complexity index is 497. The van der Waals surface area contributed by atoms with Crippen molar-refractivity contribution in [2.45, 2.75) is 26.3 Å². The van der Waals surface area contributed by atoms with E-state index in [2.05, 4.69) is 9.97 Å². The summed E-state index contributed by atoms with van der Waals surface area (Å²) < 4.78 is 26.1. The maximum atomic E-state index is 13.0. The molecule has 3 N–H and O–H groups in total. The minimum atomic E-state index is -0.896. The molecule has 92 valence electrons. The van der Waals surface area contributed by atoms with Crippen molar-refractivity contribution in [3.8, 4) is 0 Å². The predicted molar refractivity (Wildman–Crippen MR) is 62.4 cm³/mol. The Morgan fingerprint density at radius 1 is 1.35 bits per heavy atom. The van der Waals surface area contributed by atoms with Gasteiger partial charge in [0.05, 0.1) is 17.1 Å². The van der Waals surface area contributed by atoms with Crippen LogP contribution >= 0.6 is 0 Å². The fourth-order valence-corrected chi connectivity index (χ4v) is 1.71. The van der Waals surface area contributed by atoms with E-state index < -0.39 is 11.6 Å². The molecule has 0 radical (unpaired) electrons. The van der Waals surface area contributed by atoms with E-state index >= 15 is 0 Å². The van der Waals surface area contributed by atoms with Crippen molar-refractivity contribution in [2.75, 3.05) is 0 Å². The van der Waals surface area contributed by atoms with Gasteiger partial charge in [-0.2, -0.15) is 0 Å². The number of H-pyrrole nitrogens is 1. The standard InChI is InChI=1S/C12H15F2N3/c1-3-6(2)11(15)12-16-9-4-7(13)8(14)5-10(9)17-12/h4-6,11H,3,15H2,1-2H3,(H,16,17). The van der Waals surface area contributed by atoms with Gasteiger partial charge < -0.3 is 10.7 Å². The third kappa shape index (κ3) is 2.15. The molecule has 2 aromatic rings. The monoisotopic (exact) mass is 239 g/mol. The summed E-state index contributed by atoms with van der Waals surface area (Å²) in [4.78, 5) is 7.13. The predicted octanol–water partition coefficient (Wildman–Crippen LogP) is 2.89. The van der Waals surface area contributed by atoms with Gasteiger partial charge in [0.15, 0.2) is 11.6 Å². The third-order valence-corrected chi connectivity index (χ3v) is 3.11. The van der Waals surface area contributed by atoms with Gasteiger partial charge in [0.2, 0.25) is 0 Å². The van der Waals surface area contributed by atoms with Crippen LogP contribution in [0.4, 0.5) is 8.78 Å². The number of halogens is 2. The van der Waals surface area contributed by atoms with Crippen molar-refractivity contribution < 1.29 is 8.78 Å². The molecule has 17 heavy (non-hydrogen) atoms. The van der Waals surface area contributed by atoms with Crippen LogP contribution in [0.3, 0.4) is 0 Å². The Labute approximate surface area is 98.0 Å². The van der Waals surface area contributed by atoms with E-state index in [0.717, 1.165) is 18.6 Å². The SMILES string of the molecule is CCC(C)C(N)c1nc2cc(F)c(F)cc2[nH]1. The van der Waals surface area contributed by atoms with Crippen LogP contribution in [0.2, 0.25) is 0 Å². The molecule has 0 saturated heterocycles. The molecule has 0 aliphatic rings. The van der Waals surface area contributed by atoms with Crippen LogP contribution in [-0.4, -0.2) is 9.97 Å². The number of benzene rings is 1. The maximum Gasteiger partial charge on any atom is 0.161 e. The highest BCUT2D eigenvalue weighted by atomic mass is 19.2. The lowest BCUT2D eigenvalue weighted by atomic mass is 10.00. The number of nitrogens with two attached hydrogens (primary N) is 1. The Kier molecular flexibility index (Phi) is 3.11. The first-order valence-corrected chi connectivity index (χ1v) is 5.63. The summed E-state index contributed by atoms with van der Waals surface area (Å²) in [7, 11) is 0. The van der Waals surface area contributed by atoms with E-state index in [1.807, 2.05) is 13.8 Å². The first kappa shape index (κ1) is 12.0. The highest BCUT2D eigenvalue weighted by molar-refractivity contribution is 5.75. The van der Waals surface area contributed by atoms with E-state index in [9.17, 15) is 8.78 Å². The first-order valence-electron chi connectivity index (χ1n) is 5.63. The van der Waals surface area contributed by atoms with E-state index in [-0.39, 0.29) is 12.0 Å². The van der Waals surface area contributed by atoms with Crippen LogP contribution in [0.15, 0.2) is 12.1 Å². The Morgan fingerprint density at radius 3 is 2.65 bits per heavy atom. The zero-order chi connectivity index (χ0) is 12.6. The smallest absolute Gasteiger partial charge is 0.161 e. The molecule has 0 saturated carbocycles. The Morgan fingerprint density at radius 2 is 2.00 bits per heavy atom. The van der Waals surface area contributed by atoms with Crippen molar-refractivity contribution in [1.82, 2.24) is 9.97 Å². The van der Waals surface area contributed by atoms with Crippen LogP contribution in [-0.2, 0) is 0 Å². The van der Waals surface area contributed by atoms with Crippen molar-refractivity contribution >= 4 is 11.0 Å². The van der Waals surface area contributed by atoms with Crippen molar-refractivity contribution in [3.05, 3.63) is 29.6 Å². The lowest BCUT2D eigenvalue weighted by Gasteiger charge is -2.15. The number of aromatic nitrogens is 2. The number of hydrogen-bond acceptors (Lipinski definition) is 2. The van der Waals surface area contributed by atoms with Crippen LogP contribution in [0, 0.1) is 17.6 Å². The molecule has 1 aromatic heterocycles. The van der Waals surface area contributed by atoms with Gasteiger partial charge >= 0.3 is 0 Å². The molecule has 5 heteroatoms. The highest BCUT2D eigenvalue weighted by Crippen LogP contribution is 2.23. The number of fused-ring (bicyclic) bond motifs is 1. The van der Waals surface area contributed by atoms with Gasteiger partial charge in [0.25, 0.3) is 0 Å². The number of nitrogens with zero attached hydrogens (tertiary/aromatic N) is 1. The Balaban J connectivity index is 2.44. The second-order valence-corrected chi connectivity index (χ2v) is 4.32. The number of rotatable bonds is 3. The van der Waals surface area contributed by atoms with Crippen LogP contribution in [0.5, 0.6) is 0 Å². The average Bonchev–Trinajstić information content (AvgIpc) is 2.70. The fourth-order valence-electron chi connectivity index (χ4n) is 1.71. The molecule has 0 bridgehead atoms. The fraction of sp³-hybridized carbons (Fsp3) is 0.417. The number of hydrogen-bond donors (Lipinski definition) is 2. The van der Waals surface area contributed by atoms with E-state index in [0.29, 0.717) is 16.9 Å². The van der Waals surface area contributed by atoms with E-state index in [1.165, 1.54) is 0 Å². The van der Waals surface area contributed by atoms with Gasteiger partial charge in [-0.05, 0) is 5.92 Å². The van der Waals surface area contributed by atoms with E-state index in [1.54, 1.807) is 0 Å². The highest BCUT2D eigenvalue weighted by Gasteiger charge is 2.17. The van der Waals surface area contributed by atoms with Crippen LogP contribution in [0.1, 0.15) is 32.1 Å². The second-order valence-electron chi connectivity index (χ2n) is 4.32. The van der Waals surface area contributed by atoms with E-state index in [4.69, 9.17) is 5.73 Å². The summed E-state index contributed by atoms with van der Waals surface area (Å²) in [6.45, 7) is 4.05. The van der Waals surface area contributed by atoms with Gasteiger partial charge in [-0.25, -0.2) is 13.8 Å². The summed E-state index contributed by atoms with van der Waals surface area (Å²) in [5.74, 6) is -0.956. The van der Waals surface area contributed by atoms with Crippen molar-refractivity contribution in [3.63, 3.8) is 0 Å². The molecule has 0 spiro atoms. The number of aromatic amines is 1. The minimum Gasteiger partial charge on any atom is -0.341 e. The normalized spacial score (nSPS) is 15.1. The quantitative estimate of drug-likeness (QED) is 0.865. The molecule has 1 aromatic carbocycles. The minimum absolute atomic E-state index is 0.251. The maximum absolute atomic E-state index is 13.0. The lowest BCUT2D eigenvalue weighted by molar-refractivity contribution is 0.442. The molecule has 2 rings (SSSR count). The van der Waals surface area contributed by atoms with Gasteiger partial charge in [0, 0.05) is 12.1 Å². The zero-order valence-electron chi connectivity index (χ0n) is 9.80. The van der Waals surface area contributed by atoms with Crippen LogP contribution in [0.25, 0.3) is 11.0 Å². The topological polar surface area (TPSA) is 54.7 Å².